The second kappa shape index (κ2) is 4.60. The molecule has 76 valence electrons. The van der Waals surface area contributed by atoms with E-state index in [2.05, 4.69) is 0 Å². The lowest BCUT2D eigenvalue weighted by atomic mass is 9.83. The predicted octanol–water partition coefficient (Wildman–Crippen LogP) is 3.13. The van der Waals surface area contributed by atoms with E-state index in [0.29, 0.717) is 0 Å². The van der Waals surface area contributed by atoms with Crippen LogP contribution >= 0.6 is 11.3 Å². The summed E-state index contributed by atoms with van der Waals surface area (Å²) in [6.07, 6.45) is 6.15. The maximum absolute atomic E-state index is 10.4. The first-order valence-corrected chi connectivity index (χ1v) is 5.88. The normalized spacial score (nSPS) is 16.3. The number of carbonyl (C=O) groups is 1. The zero-order valence-electron chi connectivity index (χ0n) is 8.07. The van der Waals surface area contributed by atoms with Gasteiger partial charge < -0.3 is 4.74 Å². The zero-order chi connectivity index (χ0) is 9.80. The van der Waals surface area contributed by atoms with Gasteiger partial charge in [0.1, 0.15) is 0 Å². The number of hydrogen-bond acceptors (Lipinski definition) is 3. The highest BCUT2D eigenvalue weighted by Gasteiger charge is 2.16. The number of hydrogen-bond donors (Lipinski definition) is 0. The summed E-state index contributed by atoms with van der Waals surface area (Å²) >= 11 is 1.42. The average molecular weight is 210 g/mol. The van der Waals surface area contributed by atoms with Crippen LogP contribution in [0.1, 0.15) is 35.4 Å². The molecule has 0 amide bonds. The third-order valence-electron chi connectivity index (χ3n) is 2.71. The Kier molecular flexibility index (Phi) is 3.19. The molecule has 0 aromatic carbocycles. The Balaban J connectivity index is 1.71. The smallest absolute Gasteiger partial charge is 0.174 e. The Morgan fingerprint density at radius 3 is 2.93 bits per heavy atom. The molecule has 0 bridgehead atoms. The summed E-state index contributed by atoms with van der Waals surface area (Å²) in [5.74, 6) is 0.889. The highest BCUT2D eigenvalue weighted by molar-refractivity contribution is 7.15. The van der Waals surface area contributed by atoms with Crippen molar-refractivity contribution < 1.29 is 9.53 Å². The van der Waals surface area contributed by atoms with E-state index in [1.807, 2.05) is 6.07 Å². The summed E-state index contributed by atoms with van der Waals surface area (Å²) < 4.78 is 5.55. The maximum atomic E-state index is 10.4. The van der Waals surface area contributed by atoms with Crippen LogP contribution in [0.25, 0.3) is 0 Å². The van der Waals surface area contributed by atoms with Crippen LogP contribution in [-0.4, -0.2) is 12.9 Å². The Morgan fingerprint density at radius 2 is 2.36 bits per heavy atom. The number of ether oxygens (including phenoxy) is 1. The molecule has 2 rings (SSSR count). The van der Waals surface area contributed by atoms with Crippen molar-refractivity contribution in [3.63, 3.8) is 0 Å². The summed E-state index contributed by atoms with van der Waals surface area (Å²) in [6, 6.07) is 3.67. The second-order valence-corrected chi connectivity index (χ2v) is 4.79. The van der Waals surface area contributed by atoms with Crippen molar-refractivity contribution in [2.75, 3.05) is 6.61 Å². The molecule has 2 nitrogen and oxygen atoms in total. The second-order valence-electron chi connectivity index (χ2n) is 3.71. The van der Waals surface area contributed by atoms with Gasteiger partial charge in [-0.1, -0.05) is 30.6 Å². The summed E-state index contributed by atoms with van der Waals surface area (Å²) in [5.41, 5.74) is 0. The van der Waals surface area contributed by atoms with Crippen LogP contribution < -0.4 is 4.74 Å². The third kappa shape index (κ3) is 2.35. The molecular formula is C11H14O2S. The van der Waals surface area contributed by atoms with E-state index in [9.17, 15) is 4.79 Å². The molecule has 0 N–H and O–H groups in total. The molecule has 1 aliphatic rings. The molecule has 3 heteroatoms. The van der Waals surface area contributed by atoms with Crippen LogP contribution in [0.5, 0.6) is 5.06 Å². The first kappa shape index (κ1) is 9.71. The lowest BCUT2D eigenvalue weighted by Gasteiger charge is -2.24. The number of thiophene rings is 1. The Hall–Kier alpha value is -0.830. The molecule has 1 heterocycles. The Labute approximate surface area is 87.9 Å². The van der Waals surface area contributed by atoms with Crippen molar-refractivity contribution in [3.8, 4) is 5.06 Å². The molecule has 1 aromatic heterocycles. The van der Waals surface area contributed by atoms with Gasteiger partial charge >= 0.3 is 0 Å². The molecule has 1 aromatic rings. The zero-order valence-corrected chi connectivity index (χ0v) is 8.89. The van der Waals surface area contributed by atoms with E-state index < -0.39 is 0 Å². The van der Waals surface area contributed by atoms with E-state index >= 15 is 0 Å². The molecule has 0 saturated heterocycles. The van der Waals surface area contributed by atoms with E-state index in [1.54, 1.807) is 6.07 Å². The fraction of sp³-hybridized carbons (Fsp3) is 0.545. The molecule has 0 aliphatic heterocycles. The lowest BCUT2D eigenvalue weighted by molar-refractivity contribution is 0.112. The van der Waals surface area contributed by atoms with Crippen LogP contribution in [-0.2, 0) is 0 Å². The molecular weight excluding hydrogens is 196 g/mol. The van der Waals surface area contributed by atoms with Gasteiger partial charge in [-0.2, -0.15) is 0 Å². The van der Waals surface area contributed by atoms with Gasteiger partial charge in [0.25, 0.3) is 0 Å². The first-order valence-electron chi connectivity index (χ1n) is 5.06. The standard InChI is InChI=1S/C11H14O2S/c12-8-10-4-5-11(14-10)13-7-6-9-2-1-3-9/h4-5,8-9H,1-3,6-7H2. The summed E-state index contributed by atoms with van der Waals surface area (Å²) in [7, 11) is 0. The minimum Gasteiger partial charge on any atom is -0.484 e. The molecule has 1 aliphatic carbocycles. The minimum absolute atomic E-state index is 0.739. The van der Waals surface area contributed by atoms with Crippen molar-refractivity contribution in [2.24, 2.45) is 5.92 Å². The minimum atomic E-state index is 0.739. The van der Waals surface area contributed by atoms with Crippen molar-refractivity contribution in [1.82, 2.24) is 0 Å². The van der Waals surface area contributed by atoms with Gasteiger partial charge in [-0.05, 0) is 24.5 Å². The highest BCUT2D eigenvalue weighted by Crippen LogP contribution is 2.30. The summed E-state index contributed by atoms with van der Waals surface area (Å²) in [6.45, 7) is 0.795. The fourth-order valence-electron chi connectivity index (χ4n) is 1.58. The Morgan fingerprint density at radius 1 is 1.50 bits per heavy atom. The van der Waals surface area contributed by atoms with Gasteiger partial charge in [0.05, 0.1) is 11.5 Å². The van der Waals surface area contributed by atoms with Crippen LogP contribution in [0.15, 0.2) is 12.1 Å². The monoisotopic (exact) mass is 210 g/mol. The molecule has 1 fully saturated rings. The lowest BCUT2D eigenvalue weighted by Crippen LogP contribution is -2.14. The fourth-order valence-corrected chi connectivity index (χ4v) is 2.28. The van der Waals surface area contributed by atoms with Crippen LogP contribution in [0.3, 0.4) is 0 Å². The topological polar surface area (TPSA) is 26.3 Å². The van der Waals surface area contributed by atoms with E-state index in [0.717, 1.165) is 35.2 Å². The van der Waals surface area contributed by atoms with Gasteiger partial charge in [0.15, 0.2) is 11.3 Å². The van der Waals surface area contributed by atoms with Gasteiger partial charge in [-0.25, -0.2) is 0 Å². The summed E-state index contributed by atoms with van der Waals surface area (Å²) in [5, 5.41) is 0.867. The molecule has 1 saturated carbocycles. The maximum Gasteiger partial charge on any atom is 0.174 e. The van der Waals surface area contributed by atoms with Crippen molar-refractivity contribution in [1.29, 1.82) is 0 Å². The van der Waals surface area contributed by atoms with E-state index in [1.165, 1.54) is 30.6 Å². The SMILES string of the molecule is O=Cc1ccc(OCCC2CCC2)s1. The summed E-state index contributed by atoms with van der Waals surface area (Å²) in [4.78, 5) is 11.2. The third-order valence-corrected chi connectivity index (χ3v) is 3.64. The number of aldehydes is 1. The van der Waals surface area contributed by atoms with Crippen LogP contribution in [0.2, 0.25) is 0 Å². The van der Waals surface area contributed by atoms with Crippen molar-refractivity contribution in [2.45, 2.75) is 25.7 Å². The van der Waals surface area contributed by atoms with Gasteiger partial charge in [0.2, 0.25) is 0 Å². The van der Waals surface area contributed by atoms with Crippen LogP contribution in [0.4, 0.5) is 0 Å². The number of carbonyl (C=O) groups excluding carboxylic acids is 1. The molecule has 0 spiro atoms. The quantitative estimate of drug-likeness (QED) is 0.698. The van der Waals surface area contributed by atoms with Gasteiger partial charge in [-0.15, -0.1) is 0 Å². The Bertz CT molecular complexity index is 302. The molecule has 0 atom stereocenters. The molecule has 0 radical (unpaired) electrons. The average Bonchev–Trinajstić information content (AvgIpc) is 2.57. The van der Waals surface area contributed by atoms with Gasteiger partial charge in [0, 0.05) is 0 Å². The first-order chi connectivity index (χ1) is 6.88. The highest BCUT2D eigenvalue weighted by atomic mass is 32.1. The predicted molar refractivity (Wildman–Crippen MR) is 57.2 cm³/mol. The van der Waals surface area contributed by atoms with Crippen molar-refractivity contribution >= 4 is 17.6 Å². The molecule has 14 heavy (non-hydrogen) atoms. The largest absolute Gasteiger partial charge is 0.484 e. The van der Waals surface area contributed by atoms with Gasteiger partial charge in [-0.3, -0.25) is 4.79 Å². The van der Waals surface area contributed by atoms with E-state index in [-0.39, 0.29) is 0 Å². The van der Waals surface area contributed by atoms with Crippen molar-refractivity contribution in [3.05, 3.63) is 17.0 Å². The number of rotatable bonds is 5. The van der Waals surface area contributed by atoms with Crippen LogP contribution in [0, 0.1) is 5.92 Å². The molecule has 0 unspecified atom stereocenters. The van der Waals surface area contributed by atoms with E-state index in [4.69, 9.17) is 4.74 Å².